The molecule has 0 amide bonds. The van der Waals surface area contributed by atoms with E-state index in [1.54, 1.807) is 0 Å². The predicted molar refractivity (Wildman–Crippen MR) is 79.7 cm³/mol. The summed E-state index contributed by atoms with van der Waals surface area (Å²) in [5.41, 5.74) is -7.29. The summed E-state index contributed by atoms with van der Waals surface area (Å²) < 4.78 is 91.4. The first-order chi connectivity index (χ1) is 10.8. The van der Waals surface area contributed by atoms with Crippen LogP contribution < -0.4 is 0 Å². The minimum atomic E-state index is -6.43. The zero-order valence-corrected chi connectivity index (χ0v) is 15.6. The van der Waals surface area contributed by atoms with Gasteiger partial charge in [-0.15, -0.1) is 11.6 Å². The van der Waals surface area contributed by atoms with Crippen molar-refractivity contribution in [1.29, 1.82) is 0 Å². The molecule has 0 spiro atoms. The lowest BCUT2D eigenvalue weighted by atomic mass is 9.81. The average molecular weight is 444 g/mol. The SMILES string of the molecule is CCOC(=O)CC(C)(C)C(Cl)CC(Cl)(Cl)C(F)(C(F)(F)F)C(F)(F)F. The van der Waals surface area contributed by atoms with Crippen molar-refractivity contribution < 1.29 is 40.3 Å². The maximum atomic E-state index is 14.1. The van der Waals surface area contributed by atoms with Gasteiger partial charge in [-0.2, -0.15) is 26.3 Å². The topological polar surface area (TPSA) is 26.3 Å². The summed E-state index contributed by atoms with van der Waals surface area (Å²) >= 11 is 16.2. The molecule has 0 aliphatic carbocycles. The highest BCUT2D eigenvalue weighted by atomic mass is 35.5. The van der Waals surface area contributed by atoms with E-state index in [1.807, 2.05) is 0 Å². The van der Waals surface area contributed by atoms with Crippen molar-refractivity contribution in [2.45, 2.75) is 61.3 Å². The molecule has 0 radical (unpaired) electrons. The third-order valence-corrected chi connectivity index (χ3v) is 5.05. The number of hydrogen-bond acceptors (Lipinski definition) is 2. The standard InChI is InChI=1S/C13H16Cl3F7O2/c1-4-25-8(24)6-9(2,3)7(14)5-10(15,16)11(17,12(18,19)20)13(21,22)23/h7H,4-6H2,1-3H3. The van der Waals surface area contributed by atoms with Gasteiger partial charge in [-0.05, 0) is 12.3 Å². The van der Waals surface area contributed by atoms with Crippen LogP contribution in [0.2, 0.25) is 0 Å². The van der Waals surface area contributed by atoms with Crippen LogP contribution in [0.4, 0.5) is 30.7 Å². The van der Waals surface area contributed by atoms with E-state index in [9.17, 15) is 35.5 Å². The molecule has 12 heteroatoms. The highest BCUT2D eigenvalue weighted by molar-refractivity contribution is 6.49. The van der Waals surface area contributed by atoms with Gasteiger partial charge in [0.15, 0.2) is 4.33 Å². The molecule has 150 valence electrons. The highest BCUT2D eigenvalue weighted by Crippen LogP contribution is 2.59. The van der Waals surface area contributed by atoms with Gasteiger partial charge >= 0.3 is 24.0 Å². The van der Waals surface area contributed by atoms with Gasteiger partial charge in [0.1, 0.15) is 0 Å². The molecule has 1 atom stereocenters. The fraction of sp³-hybridized carbons (Fsp3) is 0.923. The van der Waals surface area contributed by atoms with Crippen molar-refractivity contribution in [3.8, 4) is 0 Å². The highest BCUT2D eigenvalue weighted by Gasteiger charge is 2.81. The third kappa shape index (κ3) is 5.42. The van der Waals surface area contributed by atoms with Crippen molar-refractivity contribution in [1.82, 2.24) is 0 Å². The van der Waals surface area contributed by atoms with E-state index < -0.39 is 52.0 Å². The number of alkyl halides is 10. The van der Waals surface area contributed by atoms with Crippen LogP contribution in [-0.4, -0.2) is 40.3 Å². The van der Waals surface area contributed by atoms with E-state index in [4.69, 9.17) is 34.8 Å². The van der Waals surface area contributed by atoms with Crippen LogP contribution in [0.3, 0.4) is 0 Å². The molecule has 0 aromatic heterocycles. The van der Waals surface area contributed by atoms with Crippen molar-refractivity contribution in [2.24, 2.45) is 5.41 Å². The first-order valence-corrected chi connectivity index (χ1v) is 8.02. The van der Waals surface area contributed by atoms with Crippen LogP contribution in [-0.2, 0) is 9.53 Å². The Balaban J connectivity index is 5.62. The predicted octanol–water partition coefficient (Wildman–Crippen LogP) is 5.97. The van der Waals surface area contributed by atoms with E-state index in [0.717, 1.165) is 0 Å². The van der Waals surface area contributed by atoms with Crippen LogP contribution in [0.1, 0.15) is 33.6 Å². The van der Waals surface area contributed by atoms with Gasteiger partial charge in [0, 0.05) is 11.8 Å². The molecule has 0 bridgehead atoms. The average Bonchev–Trinajstić information content (AvgIpc) is 2.33. The van der Waals surface area contributed by atoms with E-state index in [1.165, 1.54) is 20.8 Å². The van der Waals surface area contributed by atoms with Crippen LogP contribution >= 0.6 is 34.8 Å². The number of halogens is 10. The molecule has 0 heterocycles. The molecule has 25 heavy (non-hydrogen) atoms. The molecular formula is C13H16Cl3F7O2. The number of hydrogen-bond donors (Lipinski definition) is 0. The molecule has 0 aromatic carbocycles. The molecule has 0 aromatic rings. The number of esters is 1. The van der Waals surface area contributed by atoms with Crippen molar-refractivity contribution in [3.63, 3.8) is 0 Å². The number of ether oxygens (including phenoxy) is 1. The molecule has 0 fully saturated rings. The normalized spacial score (nSPS) is 15.9. The minimum Gasteiger partial charge on any atom is -0.466 e. The maximum absolute atomic E-state index is 14.1. The van der Waals surface area contributed by atoms with E-state index in [-0.39, 0.29) is 6.61 Å². The van der Waals surface area contributed by atoms with Gasteiger partial charge in [-0.1, -0.05) is 37.0 Å². The lowest BCUT2D eigenvalue weighted by Crippen LogP contribution is -2.64. The van der Waals surface area contributed by atoms with Crippen LogP contribution in [0, 0.1) is 5.41 Å². The van der Waals surface area contributed by atoms with Crippen LogP contribution in [0.25, 0.3) is 0 Å². The zero-order chi connectivity index (χ0) is 20.5. The zero-order valence-electron chi connectivity index (χ0n) is 13.3. The second-order valence-corrected chi connectivity index (χ2v) is 8.01. The van der Waals surface area contributed by atoms with Crippen LogP contribution in [0.5, 0.6) is 0 Å². The fourth-order valence-electron chi connectivity index (χ4n) is 1.91. The van der Waals surface area contributed by atoms with Crippen molar-refractivity contribution >= 4 is 40.8 Å². The Morgan fingerprint density at radius 1 is 1.00 bits per heavy atom. The van der Waals surface area contributed by atoms with Gasteiger partial charge in [0.25, 0.3) is 0 Å². The molecule has 0 saturated carbocycles. The lowest BCUT2D eigenvalue weighted by molar-refractivity contribution is -0.346. The second-order valence-electron chi connectivity index (χ2n) is 6.00. The smallest absolute Gasteiger partial charge is 0.434 e. The molecule has 1 unspecified atom stereocenters. The fourth-order valence-corrected chi connectivity index (χ4v) is 3.12. The van der Waals surface area contributed by atoms with E-state index in [2.05, 4.69) is 4.74 Å². The van der Waals surface area contributed by atoms with Gasteiger partial charge in [-0.3, -0.25) is 4.79 Å². The third-order valence-electron chi connectivity index (χ3n) is 3.47. The summed E-state index contributed by atoms with van der Waals surface area (Å²) in [5, 5.41) is -1.60. The van der Waals surface area contributed by atoms with Gasteiger partial charge < -0.3 is 4.74 Å². The van der Waals surface area contributed by atoms with Gasteiger partial charge in [0.05, 0.1) is 13.0 Å². The molecule has 0 N–H and O–H groups in total. The summed E-state index contributed by atoms with van der Waals surface area (Å²) in [5.74, 6) is -0.786. The van der Waals surface area contributed by atoms with E-state index >= 15 is 0 Å². The van der Waals surface area contributed by atoms with E-state index in [0.29, 0.717) is 0 Å². The Morgan fingerprint density at radius 2 is 1.40 bits per heavy atom. The Bertz CT molecular complexity index is 461. The maximum Gasteiger partial charge on any atom is 0.434 e. The number of carbonyl (C=O) groups excluding carboxylic acids is 1. The monoisotopic (exact) mass is 442 g/mol. The molecule has 0 saturated heterocycles. The van der Waals surface area contributed by atoms with Gasteiger partial charge in [-0.25, -0.2) is 4.39 Å². The van der Waals surface area contributed by atoms with Crippen molar-refractivity contribution in [2.75, 3.05) is 6.61 Å². The van der Waals surface area contributed by atoms with Crippen LogP contribution in [0.15, 0.2) is 0 Å². The summed E-state index contributed by atoms with van der Waals surface area (Å²) in [6, 6.07) is 0. The van der Waals surface area contributed by atoms with Gasteiger partial charge in [0.2, 0.25) is 0 Å². The summed E-state index contributed by atoms with van der Waals surface area (Å²) in [6.07, 6.45) is -14.7. The molecule has 0 rings (SSSR count). The Morgan fingerprint density at radius 3 is 1.72 bits per heavy atom. The first-order valence-electron chi connectivity index (χ1n) is 6.83. The first kappa shape index (κ1) is 24.8. The quantitative estimate of drug-likeness (QED) is 0.275. The Hall–Kier alpha value is -0.150. The lowest BCUT2D eigenvalue weighted by Gasteiger charge is -2.41. The molecule has 0 aliphatic heterocycles. The number of rotatable bonds is 7. The molecular weight excluding hydrogens is 427 g/mol. The Labute approximate surface area is 154 Å². The summed E-state index contributed by atoms with van der Waals surface area (Å²) in [7, 11) is 0. The Kier molecular flexibility index (Phi) is 7.79. The minimum absolute atomic E-state index is 0.00650. The second kappa shape index (κ2) is 7.84. The molecule has 0 aliphatic rings. The largest absolute Gasteiger partial charge is 0.466 e. The molecule has 2 nitrogen and oxygen atoms in total. The van der Waals surface area contributed by atoms with Crippen molar-refractivity contribution in [3.05, 3.63) is 0 Å². The summed E-state index contributed by atoms with van der Waals surface area (Å²) in [4.78, 5) is 11.5. The number of carbonyl (C=O) groups is 1. The summed E-state index contributed by atoms with van der Waals surface area (Å²) in [6.45, 7) is 4.04.